The van der Waals surface area contributed by atoms with Crippen molar-refractivity contribution in [2.24, 2.45) is 5.73 Å². The van der Waals surface area contributed by atoms with E-state index in [0.29, 0.717) is 12.0 Å². The first kappa shape index (κ1) is 16.9. The molecule has 112 valence electrons. The number of nitrogens with zero attached hydrogens (tertiary/aromatic N) is 1. The lowest BCUT2D eigenvalue weighted by Gasteiger charge is -2.28. The van der Waals surface area contributed by atoms with Crippen LogP contribution in [0.25, 0.3) is 0 Å². The Labute approximate surface area is 122 Å². The largest absolute Gasteiger partial charge is 0.338 e. The molecule has 0 heterocycles. The molecule has 1 aromatic rings. The van der Waals surface area contributed by atoms with E-state index < -0.39 is 17.7 Å². The highest BCUT2D eigenvalue weighted by Crippen LogP contribution is 2.21. The lowest BCUT2D eigenvalue weighted by Crippen LogP contribution is -2.43. The van der Waals surface area contributed by atoms with Gasteiger partial charge in [0.05, 0.1) is 12.1 Å². The number of likely N-dealkylation sites (N-methyl/N-ethyl adjacent to an activating group) is 1. The number of amides is 1. The van der Waals surface area contributed by atoms with E-state index in [4.69, 9.17) is 5.73 Å². The van der Waals surface area contributed by atoms with Gasteiger partial charge in [0.15, 0.2) is 11.6 Å². The van der Waals surface area contributed by atoms with Gasteiger partial charge in [0.2, 0.25) is 5.91 Å². The van der Waals surface area contributed by atoms with Crippen LogP contribution >= 0.6 is 11.8 Å². The Balaban J connectivity index is 2.77. The van der Waals surface area contributed by atoms with Gasteiger partial charge in [-0.25, -0.2) is 8.78 Å². The molecule has 0 fully saturated rings. The predicted molar refractivity (Wildman–Crippen MR) is 78.5 cm³/mol. The SMILES string of the molecule is CSCC[C@H](N)C(=O)N(C)C(C)c1ccc(F)c(F)c1. The van der Waals surface area contributed by atoms with Crippen molar-refractivity contribution in [1.29, 1.82) is 0 Å². The Kier molecular flexibility index (Phi) is 6.42. The third-order valence-electron chi connectivity index (χ3n) is 3.30. The predicted octanol–water partition coefficient (Wildman–Crippen LogP) is 2.56. The van der Waals surface area contributed by atoms with Gasteiger partial charge < -0.3 is 10.6 Å². The molecular formula is C14H20F2N2OS. The van der Waals surface area contributed by atoms with Crippen molar-refractivity contribution < 1.29 is 13.6 Å². The molecule has 1 unspecified atom stereocenters. The number of benzene rings is 1. The minimum atomic E-state index is -0.915. The lowest BCUT2D eigenvalue weighted by atomic mass is 10.1. The number of thioether (sulfide) groups is 1. The number of hydrogen-bond acceptors (Lipinski definition) is 3. The molecule has 0 spiro atoms. The monoisotopic (exact) mass is 302 g/mol. The van der Waals surface area contributed by atoms with Crippen LogP contribution in [-0.2, 0) is 4.79 Å². The number of nitrogens with two attached hydrogens (primary N) is 1. The Morgan fingerprint density at radius 1 is 1.40 bits per heavy atom. The van der Waals surface area contributed by atoms with Gasteiger partial charge in [-0.1, -0.05) is 6.07 Å². The maximum atomic E-state index is 13.2. The van der Waals surface area contributed by atoms with Crippen molar-refractivity contribution in [2.45, 2.75) is 25.4 Å². The van der Waals surface area contributed by atoms with E-state index in [1.807, 2.05) is 6.26 Å². The fraction of sp³-hybridized carbons (Fsp3) is 0.500. The number of rotatable bonds is 6. The summed E-state index contributed by atoms with van der Waals surface area (Å²) in [7, 11) is 1.62. The molecule has 1 rings (SSSR count). The zero-order valence-corrected chi connectivity index (χ0v) is 12.7. The molecule has 0 bridgehead atoms. The van der Waals surface area contributed by atoms with Crippen molar-refractivity contribution in [3.63, 3.8) is 0 Å². The maximum Gasteiger partial charge on any atom is 0.239 e. The van der Waals surface area contributed by atoms with Crippen LogP contribution in [0.15, 0.2) is 18.2 Å². The van der Waals surface area contributed by atoms with E-state index in [1.165, 1.54) is 11.0 Å². The normalized spacial score (nSPS) is 13.9. The molecule has 2 atom stereocenters. The summed E-state index contributed by atoms with van der Waals surface area (Å²) >= 11 is 1.63. The Morgan fingerprint density at radius 2 is 2.05 bits per heavy atom. The Morgan fingerprint density at radius 3 is 2.60 bits per heavy atom. The summed E-state index contributed by atoms with van der Waals surface area (Å²) in [4.78, 5) is 13.6. The van der Waals surface area contributed by atoms with Crippen molar-refractivity contribution in [2.75, 3.05) is 19.1 Å². The van der Waals surface area contributed by atoms with Crippen LogP contribution in [0.1, 0.15) is 24.9 Å². The summed E-state index contributed by atoms with van der Waals surface area (Å²) in [6, 6.07) is 2.71. The molecule has 1 amide bonds. The second-order valence-electron chi connectivity index (χ2n) is 4.69. The van der Waals surface area contributed by atoms with Crippen molar-refractivity contribution in [3.8, 4) is 0 Å². The third kappa shape index (κ3) is 4.18. The molecule has 0 saturated heterocycles. The van der Waals surface area contributed by atoms with Crippen LogP contribution in [0.4, 0.5) is 8.78 Å². The third-order valence-corrected chi connectivity index (χ3v) is 3.95. The average Bonchev–Trinajstić information content (AvgIpc) is 2.45. The minimum Gasteiger partial charge on any atom is -0.338 e. The average molecular weight is 302 g/mol. The van der Waals surface area contributed by atoms with Gasteiger partial charge >= 0.3 is 0 Å². The van der Waals surface area contributed by atoms with E-state index >= 15 is 0 Å². The van der Waals surface area contributed by atoms with Gasteiger partial charge in [0.25, 0.3) is 0 Å². The van der Waals surface area contributed by atoms with Gasteiger partial charge in [-0.2, -0.15) is 11.8 Å². The number of hydrogen-bond donors (Lipinski definition) is 1. The minimum absolute atomic E-state index is 0.198. The molecule has 3 nitrogen and oxygen atoms in total. The summed E-state index contributed by atoms with van der Waals surface area (Å²) in [5.41, 5.74) is 6.37. The van der Waals surface area contributed by atoms with Crippen molar-refractivity contribution in [1.82, 2.24) is 4.90 Å². The summed E-state index contributed by atoms with van der Waals surface area (Å²) in [6.07, 6.45) is 2.54. The maximum absolute atomic E-state index is 13.2. The lowest BCUT2D eigenvalue weighted by molar-refractivity contribution is -0.133. The number of halogens is 2. The molecule has 0 saturated carbocycles. The number of carbonyl (C=O) groups is 1. The second kappa shape index (κ2) is 7.59. The van der Waals surface area contributed by atoms with Crippen LogP contribution < -0.4 is 5.73 Å². The summed E-state index contributed by atoms with van der Waals surface area (Å²) in [6.45, 7) is 1.76. The first-order chi connectivity index (χ1) is 9.38. The van der Waals surface area contributed by atoms with E-state index in [0.717, 1.165) is 17.9 Å². The molecule has 2 N–H and O–H groups in total. The van der Waals surface area contributed by atoms with Crippen LogP contribution in [0, 0.1) is 11.6 Å². The van der Waals surface area contributed by atoms with Crippen molar-refractivity contribution >= 4 is 17.7 Å². The fourth-order valence-corrected chi connectivity index (χ4v) is 2.31. The standard InChI is InChI=1S/C14H20F2N2OS/c1-9(10-4-5-11(15)12(16)8-10)18(2)14(19)13(17)6-7-20-3/h4-5,8-9,13H,6-7,17H2,1-3H3/t9?,13-/m0/s1. The molecule has 0 aromatic heterocycles. The quantitative estimate of drug-likeness (QED) is 0.878. The zero-order valence-electron chi connectivity index (χ0n) is 11.9. The molecule has 1 aromatic carbocycles. The molecule has 0 aliphatic heterocycles. The Bertz CT molecular complexity index is 470. The topological polar surface area (TPSA) is 46.3 Å². The van der Waals surface area contributed by atoms with Crippen LogP contribution in [0.5, 0.6) is 0 Å². The van der Waals surface area contributed by atoms with Gasteiger partial charge in [-0.15, -0.1) is 0 Å². The summed E-state index contributed by atoms with van der Waals surface area (Å²) in [5, 5.41) is 0. The van der Waals surface area contributed by atoms with Gasteiger partial charge in [0.1, 0.15) is 0 Å². The van der Waals surface area contributed by atoms with E-state index in [-0.39, 0.29) is 11.9 Å². The van der Waals surface area contributed by atoms with Gasteiger partial charge in [0, 0.05) is 7.05 Å². The van der Waals surface area contributed by atoms with Crippen LogP contribution in [-0.4, -0.2) is 35.9 Å². The molecule has 0 radical (unpaired) electrons. The molecule has 0 aliphatic carbocycles. The first-order valence-corrected chi connectivity index (χ1v) is 7.74. The van der Waals surface area contributed by atoms with E-state index in [9.17, 15) is 13.6 Å². The van der Waals surface area contributed by atoms with Gasteiger partial charge in [-0.3, -0.25) is 4.79 Å². The highest BCUT2D eigenvalue weighted by molar-refractivity contribution is 7.98. The molecule has 0 aliphatic rings. The van der Waals surface area contributed by atoms with Crippen molar-refractivity contribution in [3.05, 3.63) is 35.4 Å². The zero-order chi connectivity index (χ0) is 15.3. The summed E-state index contributed by atoms with van der Waals surface area (Å²) < 4.78 is 26.1. The highest BCUT2D eigenvalue weighted by Gasteiger charge is 2.23. The van der Waals surface area contributed by atoms with E-state index in [1.54, 1.807) is 25.7 Å². The fourth-order valence-electron chi connectivity index (χ4n) is 1.82. The van der Waals surface area contributed by atoms with Gasteiger partial charge in [-0.05, 0) is 43.0 Å². The molecular weight excluding hydrogens is 282 g/mol. The number of carbonyl (C=O) groups excluding carboxylic acids is 1. The van der Waals surface area contributed by atoms with Crippen LogP contribution in [0.2, 0.25) is 0 Å². The molecule has 20 heavy (non-hydrogen) atoms. The second-order valence-corrected chi connectivity index (χ2v) is 5.67. The highest BCUT2D eigenvalue weighted by atomic mass is 32.2. The summed E-state index contributed by atoms with van der Waals surface area (Å²) in [5.74, 6) is -1.20. The smallest absolute Gasteiger partial charge is 0.239 e. The van der Waals surface area contributed by atoms with Crippen LogP contribution in [0.3, 0.4) is 0 Å². The van der Waals surface area contributed by atoms with E-state index in [2.05, 4.69) is 0 Å². The first-order valence-electron chi connectivity index (χ1n) is 6.34. The molecule has 6 heteroatoms. The Hall–Kier alpha value is -1.14.